The molecule has 0 bridgehead atoms. The molecule has 0 N–H and O–H groups in total. The highest BCUT2D eigenvalue weighted by Gasteiger charge is 2.30. The van der Waals surface area contributed by atoms with Gasteiger partial charge in [0.1, 0.15) is 15.7 Å². The van der Waals surface area contributed by atoms with Crippen molar-refractivity contribution in [1.29, 1.82) is 0 Å². The molecule has 0 saturated carbocycles. The lowest BCUT2D eigenvalue weighted by Gasteiger charge is -2.33. The molecule has 4 rings (SSSR count). The zero-order valence-electron chi connectivity index (χ0n) is 16.7. The maximum absolute atomic E-state index is 12.8. The van der Waals surface area contributed by atoms with E-state index in [2.05, 4.69) is 25.8 Å². The number of para-hydroxylation sites is 1. The number of hydrogen-bond donors (Lipinski definition) is 0. The first-order valence-corrected chi connectivity index (χ1v) is 12.5. The van der Waals surface area contributed by atoms with Crippen molar-refractivity contribution in [3.63, 3.8) is 0 Å². The molecular weight excluding hydrogens is 490 g/mol. The number of oxazole rings is 1. The second-order valence-electron chi connectivity index (χ2n) is 6.96. The third-order valence-electron chi connectivity index (χ3n) is 5.08. The van der Waals surface area contributed by atoms with Crippen molar-refractivity contribution in [3.05, 3.63) is 51.6 Å². The topological polar surface area (TPSA) is 75.9 Å². The number of rotatable bonds is 6. The Hall–Kier alpha value is -1.72. The summed E-state index contributed by atoms with van der Waals surface area (Å²) in [7, 11) is -1.82. The second-order valence-corrected chi connectivity index (χ2v) is 11.6. The lowest BCUT2D eigenvalue weighted by Crippen LogP contribution is -2.48. The number of hydrogen-bond acceptors (Lipinski definition) is 7. The van der Waals surface area contributed by atoms with Gasteiger partial charge in [0.15, 0.2) is 0 Å². The first kappa shape index (κ1) is 21.5. The van der Waals surface area contributed by atoms with Crippen LogP contribution in [0.3, 0.4) is 0 Å². The van der Waals surface area contributed by atoms with Crippen molar-refractivity contribution in [3.8, 4) is 17.2 Å². The molecule has 1 aliphatic rings. The minimum Gasteiger partial charge on any atom is -0.496 e. The van der Waals surface area contributed by atoms with Crippen molar-refractivity contribution in [2.75, 3.05) is 33.3 Å². The zero-order valence-corrected chi connectivity index (χ0v) is 19.9. The summed E-state index contributed by atoms with van der Waals surface area (Å²) < 4.78 is 39.6. The number of aryl methyl sites for hydroxylation is 1. The van der Waals surface area contributed by atoms with E-state index in [-0.39, 0.29) is 0 Å². The van der Waals surface area contributed by atoms with Crippen LogP contribution in [0, 0.1) is 6.92 Å². The summed E-state index contributed by atoms with van der Waals surface area (Å²) in [6, 6.07) is 11.0. The standard InChI is InChI=1S/C20H22BrN3O4S2/c1-14-16(22-20(28-14)15-5-3-4-6-17(15)27-2)13-23-9-11-24(12-10-23)30(25,26)19-8-7-18(21)29-19/h3-8H,9-13H2,1-2H3. The van der Waals surface area contributed by atoms with Crippen LogP contribution in [0.1, 0.15) is 11.5 Å². The summed E-state index contributed by atoms with van der Waals surface area (Å²) in [5, 5.41) is 0. The molecule has 10 heteroatoms. The first-order valence-electron chi connectivity index (χ1n) is 9.46. The number of benzene rings is 1. The normalized spacial score (nSPS) is 16.1. The maximum atomic E-state index is 12.8. The summed E-state index contributed by atoms with van der Waals surface area (Å²) >= 11 is 4.57. The summed E-state index contributed by atoms with van der Waals surface area (Å²) in [6.45, 7) is 4.70. The van der Waals surface area contributed by atoms with E-state index in [1.165, 1.54) is 11.3 Å². The quantitative estimate of drug-likeness (QED) is 0.497. The molecule has 0 aliphatic carbocycles. The van der Waals surface area contributed by atoms with Gasteiger partial charge in [-0.15, -0.1) is 11.3 Å². The fourth-order valence-electron chi connectivity index (χ4n) is 3.41. The van der Waals surface area contributed by atoms with Crippen LogP contribution in [0.5, 0.6) is 5.75 Å². The molecule has 0 unspecified atom stereocenters. The van der Waals surface area contributed by atoms with E-state index in [9.17, 15) is 8.42 Å². The highest BCUT2D eigenvalue weighted by Crippen LogP contribution is 2.31. The summed E-state index contributed by atoms with van der Waals surface area (Å²) in [6.07, 6.45) is 0. The van der Waals surface area contributed by atoms with Gasteiger partial charge in [0, 0.05) is 32.7 Å². The molecule has 1 aromatic carbocycles. The molecule has 2 aromatic heterocycles. The molecule has 7 nitrogen and oxygen atoms in total. The van der Waals surface area contributed by atoms with Gasteiger partial charge in [0.05, 0.1) is 22.2 Å². The lowest BCUT2D eigenvalue weighted by atomic mass is 10.2. The van der Waals surface area contributed by atoms with E-state index in [4.69, 9.17) is 9.15 Å². The lowest BCUT2D eigenvalue weighted by molar-refractivity contribution is 0.179. The largest absolute Gasteiger partial charge is 0.496 e. The minimum absolute atomic E-state index is 0.372. The van der Waals surface area contributed by atoms with Gasteiger partial charge in [-0.2, -0.15) is 4.31 Å². The Kier molecular flexibility index (Phi) is 6.31. The van der Waals surface area contributed by atoms with Crippen molar-refractivity contribution >= 4 is 37.3 Å². The Morgan fingerprint density at radius 3 is 2.57 bits per heavy atom. The first-order chi connectivity index (χ1) is 14.4. The van der Waals surface area contributed by atoms with E-state index < -0.39 is 10.0 Å². The smallest absolute Gasteiger partial charge is 0.252 e. The summed E-state index contributed by atoms with van der Waals surface area (Å²) in [5.41, 5.74) is 1.67. The molecule has 1 saturated heterocycles. The molecule has 0 amide bonds. The van der Waals surface area contributed by atoms with Crippen molar-refractivity contribution in [2.45, 2.75) is 17.7 Å². The van der Waals surface area contributed by atoms with Crippen LogP contribution in [0.2, 0.25) is 0 Å². The van der Waals surface area contributed by atoms with Crippen molar-refractivity contribution in [1.82, 2.24) is 14.2 Å². The number of thiophene rings is 1. The number of aromatic nitrogens is 1. The van der Waals surface area contributed by atoms with Crippen LogP contribution in [0.25, 0.3) is 11.5 Å². The van der Waals surface area contributed by atoms with Crippen LogP contribution >= 0.6 is 27.3 Å². The van der Waals surface area contributed by atoms with E-state index >= 15 is 0 Å². The second kappa shape index (κ2) is 8.80. The number of halogens is 1. The van der Waals surface area contributed by atoms with E-state index in [0.29, 0.717) is 48.6 Å². The highest BCUT2D eigenvalue weighted by atomic mass is 79.9. The fourth-order valence-corrected chi connectivity index (χ4v) is 7.00. The maximum Gasteiger partial charge on any atom is 0.252 e. The van der Waals surface area contributed by atoms with Crippen LogP contribution in [-0.4, -0.2) is 55.9 Å². The van der Waals surface area contributed by atoms with Gasteiger partial charge in [-0.3, -0.25) is 4.90 Å². The molecule has 0 spiro atoms. The van der Waals surface area contributed by atoms with Gasteiger partial charge in [-0.25, -0.2) is 13.4 Å². The zero-order chi connectivity index (χ0) is 21.3. The third-order valence-corrected chi connectivity index (χ3v) is 9.07. The third kappa shape index (κ3) is 4.33. The Morgan fingerprint density at radius 1 is 1.17 bits per heavy atom. The van der Waals surface area contributed by atoms with Crippen LogP contribution < -0.4 is 4.74 Å². The van der Waals surface area contributed by atoms with Crippen LogP contribution in [0.4, 0.5) is 0 Å². The highest BCUT2D eigenvalue weighted by molar-refractivity contribution is 9.11. The predicted molar refractivity (Wildman–Crippen MR) is 119 cm³/mol. The molecule has 3 heterocycles. The predicted octanol–water partition coefficient (Wildman–Crippen LogP) is 3.99. The van der Waals surface area contributed by atoms with E-state index in [1.54, 1.807) is 23.5 Å². The Labute approximate surface area is 188 Å². The summed E-state index contributed by atoms with van der Waals surface area (Å²) in [4.78, 5) is 6.88. The number of piperazine rings is 1. The molecule has 0 atom stereocenters. The van der Waals surface area contributed by atoms with Gasteiger partial charge >= 0.3 is 0 Å². The Balaban J connectivity index is 1.43. The Bertz CT molecular complexity index is 1130. The van der Waals surface area contributed by atoms with Crippen molar-refractivity contribution in [2.24, 2.45) is 0 Å². The number of ether oxygens (including phenoxy) is 1. The van der Waals surface area contributed by atoms with Gasteiger partial charge in [-0.1, -0.05) is 12.1 Å². The van der Waals surface area contributed by atoms with Gasteiger partial charge in [0.2, 0.25) is 5.89 Å². The average Bonchev–Trinajstić information content (AvgIpc) is 3.34. The molecule has 30 heavy (non-hydrogen) atoms. The molecular formula is C20H22BrN3O4S2. The fraction of sp³-hybridized carbons (Fsp3) is 0.350. The van der Waals surface area contributed by atoms with Crippen molar-refractivity contribution < 1.29 is 17.6 Å². The van der Waals surface area contributed by atoms with E-state index in [0.717, 1.165) is 20.8 Å². The minimum atomic E-state index is -3.44. The number of sulfonamides is 1. The monoisotopic (exact) mass is 511 g/mol. The van der Waals surface area contributed by atoms with Gasteiger partial charge in [-0.05, 0) is 47.1 Å². The average molecular weight is 512 g/mol. The molecule has 0 radical (unpaired) electrons. The van der Waals surface area contributed by atoms with Gasteiger partial charge in [0.25, 0.3) is 10.0 Å². The van der Waals surface area contributed by atoms with Crippen LogP contribution in [0.15, 0.2) is 48.8 Å². The SMILES string of the molecule is COc1ccccc1-c1nc(CN2CCN(S(=O)(=O)c3ccc(Br)s3)CC2)c(C)o1. The molecule has 3 aromatic rings. The number of methoxy groups -OCH3 is 1. The molecule has 160 valence electrons. The van der Waals surface area contributed by atoms with Gasteiger partial charge < -0.3 is 9.15 Å². The molecule has 1 aliphatic heterocycles. The summed E-state index contributed by atoms with van der Waals surface area (Å²) in [5.74, 6) is 2.00. The Morgan fingerprint density at radius 2 is 1.90 bits per heavy atom. The van der Waals surface area contributed by atoms with E-state index in [1.807, 2.05) is 31.2 Å². The molecule has 1 fully saturated rings. The van der Waals surface area contributed by atoms with Crippen LogP contribution in [-0.2, 0) is 16.6 Å². The number of nitrogens with zero attached hydrogens (tertiary/aromatic N) is 3.